The number of halogens is 1. The van der Waals surface area contributed by atoms with Crippen LogP contribution in [0.4, 0.5) is 14.9 Å². The summed E-state index contributed by atoms with van der Waals surface area (Å²) in [7, 11) is 1.64. The van der Waals surface area contributed by atoms with Crippen LogP contribution in [-0.4, -0.2) is 67.6 Å². The number of carbonyl (C=O) groups is 1. The van der Waals surface area contributed by atoms with E-state index in [1.807, 2.05) is 78.9 Å². The maximum Gasteiger partial charge on any atom is 0.321 e. The number of H-pyrrole nitrogens is 1. The molecule has 8 nitrogen and oxygen atoms in total. The van der Waals surface area contributed by atoms with Crippen LogP contribution in [0.5, 0.6) is 0 Å². The van der Waals surface area contributed by atoms with Crippen molar-refractivity contribution in [2.24, 2.45) is 0 Å². The first-order valence-corrected chi connectivity index (χ1v) is 14.8. The summed E-state index contributed by atoms with van der Waals surface area (Å²) < 4.78 is 14.4. The second-order valence-electron chi connectivity index (χ2n) is 11.4. The van der Waals surface area contributed by atoms with Gasteiger partial charge in [0.05, 0.1) is 29.5 Å². The molecule has 9 heteroatoms. The van der Waals surface area contributed by atoms with Crippen molar-refractivity contribution in [1.82, 2.24) is 20.0 Å². The van der Waals surface area contributed by atoms with Crippen LogP contribution >= 0.6 is 0 Å². The molecule has 1 aliphatic rings. The number of nitrogens with zero attached hydrogens (tertiary/aromatic N) is 3. The minimum absolute atomic E-state index is 0.115. The van der Waals surface area contributed by atoms with Gasteiger partial charge in [0, 0.05) is 25.5 Å². The Bertz CT molecular complexity index is 1710. The molecule has 4 N–H and O–H groups in total. The van der Waals surface area contributed by atoms with Crippen molar-refractivity contribution >= 4 is 22.6 Å². The predicted octanol–water partition coefficient (Wildman–Crippen LogP) is 5.13. The zero-order valence-electron chi connectivity index (χ0n) is 24.5. The number of aromatic nitrogens is 2. The molecule has 0 aliphatic carbocycles. The third kappa shape index (κ3) is 6.15. The summed E-state index contributed by atoms with van der Waals surface area (Å²) in [5.41, 5.74) is 4.63. The van der Waals surface area contributed by atoms with Crippen molar-refractivity contribution in [3.8, 4) is 0 Å². The number of anilines is 1. The number of nitrogens with one attached hydrogen (secondary N) is 2. The molecule has 0 saturated carbocycles. The Kier molecular flexibility index (Phi) is 8.58. The predicted molar refractivity (Wildman–Crippen MR) is 168 cm³/mol. The van der Waals surface area contributed by atoms with Gasteiger partial charge in [-0.3, -0.25) is 5.10 Å². The Labute approximate surface area is 255 Å². The molecule has 2 heterocycles. The van der Waals surface area contributed by atoms with Crippen LogP contribution in [-0.2, 0) is 25.9 Å². The molecule has 1 aliphatic heterocycles. The van der Waals surface area contributed by atoms with E-state index in [4.69, 9.17) is 0 Å². The molecule has 1 saturated heterocycles. The number of aliphatic hydroxyl groups is 2. The lowest BCUT2D eigenvalue weighted by molar-refractivity contribution is -0.0408. The summed E-state index contributed by atoms with van der Waals surface area (Å²) in [4.78, 5) is 18.1. The van der Waals surface area contributed by atoms with Crippen molar-refractivity contribution in [3.63, 3.8) is 0 Å². The second-order valence-corrected chi connectivity index (χ2v) is 11.4. The molecule has 0 unspecified atom stereocenters. The Hall–Kier alpha value is -4.73. The zero-order valence-corrected chi connectivity index (χ0v) is 24.5. The van der Waals surface area contributed by atoms with Gasteiger partial charge in [-0.15, -0.1) is 0 Å². The Morgan fingerprint density at radius 2 is 1.32 bits per heavy atom. The normalized spacial score (nSPS) is 20.6. The highest BCUT2D eigenvalue weighted by Crippen LogP contribution is 2.31. The van der Waals surface area contributed by atoms with Gasteiger partial charge in [-0.2, -0.15) is 5.10 Å². The smallest absolute Gasteiger partial charge is 0.321 e. The average molecular weight is 594 g/mol. The molecule has 0 bridgehead atoms. The van der Waals surface area contributed by atoms with Crippen molar-refractivity contribution in [2.45, 2.75) is 50.2 Å². The summed E-state index contributed by atoms with van der Waals surface area (Å²) in [6, 6.07) is 28.1. The van der Waals surface area contributed by atoms with E-state index in [-0.39, 0.29) is 19.1 Å². The first-order chi connectivity index (χ1) is 21.4. The molecule has 4 aromatic carbocycles. The van der Waals surface area contributed by atoms with E-state index >= 15 is 0 Å². The van der Waals surface area contributed by atoms with Crippen LogP contribution in [0.15, 0.2) is 103 Å². The van der Waals surface area contributed by atoms with Gasteiger partial charge in [-0.1, -0.05) is 72.8 Å². The number of benzene rings is 4. The van der Waals surface area contributed by atoms with Gasteiger partial charge in [0.25, 0.3) is 0 Å². The molecule has 5 aromatic rings. The lowest BCUT2D eigenvalue weighted by Gasteiger charge is -2.36. The minimum Gasteiger partial charge on any atom is -0.388 e. The fourth-order valence-electron chi connectivity index (χ4n) is 6.16. The number of aromatic amines is 1. The van der Waals surface area contributed by atoms with Gasteiger partial charge in [0.2, 0.25) is 0 Å². The van der Waals surface area contributed by atoms with Crippen molar-refractivity contribution in [3.05, 3.63) is 131 Å². The van der Waals surface area contributed by atoms with Gasteiger partial charge in [-0.25, -0.2) is 9.18 Å². The summed E-state index contributed by atoms with van der Waals surface area (Å²) in [6.07, 6.45) is -0.0720. The van der Waals surface area contributed by atoms with Crippen LogP contribution in [0.1, 0.15) is 22.3 Å². The van der Waals surface area contributed by atoms with Crippen LogP contribution in [0.3, 0.4) is 0 Å². The molecule has 1 aromatic heterocycles. The summed E-state index contributed by atoms with van der Waals surface area (Å²) in [6.45, 7) is 0.325. The third-order valence-corrected chi connectivity index (χ3v) is 8.52. The number of hydrogen-bond donors (Lipinski definition) is 4. The highest BCUT2D eigenvalue weighted by Gasteiger charge is 2.46. The SMILES string of the molecule is CNc1cc(CN2C(=O)N(Cc3ccc4[nH]ncc4c3)[C@H](Cc3ccccc3)[C@H](O)[C@@H](O)[C@H]2Cc2ccccc2)ccc1F. The largest absolute Gasteiger partial charge is 0.388 e. The molecule has 6 rings (SSSR count). The first-order valence-electron chi connectivity index (χ1n) is 14.8. The van der Waals surface area contributed by atoms with Gasteiger partial charge >= 0.3 is 6.03 Å². The Morgan fingerprint density at radius 3 is 1.89 bits per heavy atom. The van der Waals surface area contributed by atoms with E-state index < -0.39 is 30.1 Å². The first kappa shape index (κ1) is 29.3. The van der Waals surface area contributed by atoms with Crippen LogP contribution < -0.4 is 5.32 Å². The molecule has 0 spiro atoms. The number of urea groups is 1. The molecule has 0 radical (unpaired) electrons. The summed E-state index contributed by atoms with van der Waals surface area (Å²) >= 11 is 0. The maximum atomic E-state index is 14.8. The molecular weight excluding hydrogens is 557 g/mol. The fraction of sp³-hybridized carbons (Fsp3) is 0.257. The van der Waals surface area contributed by atoms with Crippen LogP contribution in [0, 0.1) is 5.82 Å². The van der Waals surface area contributed by atoms with Crippen LogP contribution in [0.25, 0.3) is 10.9 Å². The highest BCUT2D eigenvalue weighted by molar-refractivity contribution is 5.79. The lowest BCUT2D eigenvalue weighted by atomic mass is 9.91. The highest BCUT2D eigenvalue weighted by atomic mass is 19.1. The third-order valence-electron chi connectivity index (χ3n) is 8.52. The summed E-state index contributed by atoms with van der Waals surface area (Å²) in [5, 5.41) is 34.6. The van der Waals surface area contributed by atoms with Gasteiger partial charge in [0.15, 0.2) is 0 Å². The van der Waals surface area contributed by atoms with Crippen molar-refractivity contribution < 1.29 is 19.4 Å². The topological polar surface area (TPSA) is 105 Å². The standard InChI is InChI=1S/C35H36FN5O3/c1-37-30-17-26(12-14-28(30)36)22-41-32(19-24-10-6-3-7-11-24)34(43)33(42)31(18-23-8-4-2-5-9-23)40(35(41)44)21-25-13-15-29-27(16-25)20-38-39-29/h2-17,20,31-34,37,42-43H,18-19,21-22H2,1H3,(H,38,39)/t31-,32-,33+,34+/m1/s1. The van der Waals surface area contributed by atoms with E-state index in [1.54, 1.807) is 35.2 Å². The summed E-state index contributed by atoms with van der Waals surface area (Å²) in [5.74, 6) is -0.395. The number of amides is 2. The minimum atomic E-state index is -1.25. The molecule has 44 heavy (non-hydrogen) atoms. The molecule has 1 fully saturated rings. The average Bonchev–Trinajstić information content (AvgIpc) is 3.51. The number of hydrogen-bond acceptors (Lipinski definition) is 5. The van der Waals surface area contributed by atoms with E-state index in [0.717, 1.165) is 27.6 Å². The molecule has 226 valence electrons. The van der Waals surface area contributed by atoms with Gasteiger partial charge in [0.1, 0.15) is 18.0 Å². The monoisotopic (exact) mass is 593 g/mol. The van der Waals surface area contributed by atoms with Gasteiger partial charge < -0.3 is 25.3 Å². The van der Waals surface area contributed by atoms with E-state index in [9.17, 15) is 19.4 Å². The van der Waals surface area contributed by atoms with Crippen molar-refractivity contribution in [2.75, 3.05) is 12.4 Å². The molecule has 4 atom stereocenters. The number of fused-ring (bicyclic) bond motifs is 1. The van der Waals surface area contributed by atoms with Crippen molar-refractivity contribution in [1.29, 1.82) is 0 Å². The fourth-order valence-corrected chi connectivity index (χ4v) is 6.16. The number of rotatable bonds is 9. The van der Waals surface area contributed by atoms with E-state index in [1.165, 1.54) is 6.07 Å². The maximum absolute atomic E-state index is 14.8. The van der Waals surface area contributed by atoms with Gasteiger partial charge in [-0.05, 0) is 59.4 Å². The second kappa shape index (κ2) is 12.9. The number of carbonyl (C=O) groups excluding carboxylic acids is 1. The Balaban J connectivity index is 1.44. The van der Waals surface area contributed by atoms with E-state index in [0.29, 0.717) is 24.1 Å². The van der Waals surface area contributed by atoms with E-state index in [2.05, 4.69) is 15.5 Å². The molecular formula is C35H36FN5O3. The molecule has 2 amide bonds. The zero-order chi connectivity index (χ0) is 30.6. The lowest BCUT2D eigenvalue weighted by Crippen LogP contribution is -2.50. The Morgan fingerprint density at radius 1 is 0.773 bits per heavy atom. The number of aliphatic hydroxyl groups excluding tert-OH is 2. The quantitative estimate of drug-likeness (QED) is 0.190. The van der Waals surface area contributed by atoms with Crippen LogP contribution in [0.2, 0.25) is 0 Å².